The largest absolute Gasteiger partial charge is 0.379 e. The summed E-state index contributed by atoms with van der Waals surface area (Å²) in [7, 11) is 1.71. The van der Waals surface area contributed by atoms with Crippen LogP contribution in [0.4, 0.5) is 0 Å². The van der Waals surface area contributed by atoms with E-state index < -0.39 is 0 Å². The van der Waals surface area contributed by atoms with Crippen LogP contribution in [0.1, 0.15) is 26.0 Å². The molecule has 0 aliphatic rings. The maximum absolute atomic E-state index is 5.62. The summed E-state index contributed by atoms with van der Waals surface area (Å²) in [6.07, 6.45) is 2.76. The van der Waals surface area contributed by atoms with E-state index in [1.165, 1.54) is 0 Å². The number of rotatable bonds is 5. The first-order valence-corrected chi connectivity index (χ1v) is 5.11. The van der Waals surface area contributed by atoms with Crippen LogP contribution in [0.5, 0.6) is 0 Å². The lowest BCUT2D eigenvalue weighted by molar-refractivity contribution is 0.0112. The van der Waals surface area contributed by atoms with Crippen LogP contribution in [0.15, 0.2) is 6.20 Å². The zero-order valence-electron chi connectivity index (χ0n) is 8.83. The summed E-state index contributed by atoms with van der Waals surface area (Å²) in [4.78, 5) is 0. The van der Waals surface area contributed by atoms with Gasteiger partial charge in [-0.05, 0) is 20.3 Å². The molecule has 14 heavy (non-hydrogen) atoms. The van der Waals surface area contributed by atoms with Crippen LogP contribution in [0.25, 0.3) is 0 Å². The molecule has 1 aromatic rings. The predicted octanol–water partition coefficient (Wildman–Crippen LogP) is 1.83. The Balaban J connectivity index is 2.45. The minimum atomic E-state index is -0.118. The minimum absolute atomic E-state index is 0.118. The van der Waals surface area contributed by atoms with E-state index in [9.17, 15) is 0 Å². The van der Waals surface area contributed by atoms with Gasteiger partial charge in [-0.15, -0.1) is 16.7 Å². The number of aryl methyl sites for hydroxylation is 1. The van der Waals surface area contributed by atoms with Crippen LogP contribution in [-0.2, 0) is 17.2 Å². The fourth-order valence-electron chi connectivity index (χ4n) is 0.995. The Bertz CT molecular complexity index is 285. The van der Waals surface area contributed by atoms with Crippen molar-refractivity contribution >= 4 is 11.6 Å². The quantitative estimate of drug-likeness (QED) is 0.707. The normalized spacial score (nSPS) is 12.0. The summed E-state index contributed by atoms with van der Waals surface area (Å²) in [6.45, 7) is 4.89. The highest BCUT2D eigenvalue weighted by Crippen LogP contribution is 2.13. The third-order valence-electron chi connectivity index (χ3n) is 2.22. The SMILES string of the molecule is COC(C)(C)CCn1cc(CCl)nn1. The second-order valence-corrected chi connectivity index (χ2v) is 4.09. The Hall–Kier alpha value is -0.610. The lowest BCUT2D eigenvalue weighted by Gasteiger charge is -2.22. The van der Waals surface area contributed by atoms with Gasteiger partial charge in [0.1, 0.15) is 0 Å². The highest BCUT2D eigenvalue weighted by atomic mass is 35.5. The van der Waals surface area contributed by atoms with Gasteiger partial charge in [0, 0.05) is 19.9 Å². The van der Waals surface area contributed by atoms with Crippen molar-refractivity contribution in [3.8, 4) is 0 Å². The Morgan fingerprint density at radius 3 is 2.79 bits per heavy atom. The van der Waals surface area contributed by atoms with E-state index in [1.54, 1.807) is 11.8 Å². The fraction of sp³-hybridized carbons (Fsp3) is 0.778. The first-order valence-electron chi connectivity index (χ1n) is 4.57. The van der Waals surface area contributed by atoms with E-state index >= 15 is 0 Å². The van der Waals surface area contributed by atoms with Crippen molar-refractivity contribution in [2.45, 2.75) is 38.3 Å². The van der Waals surface area contributed by atoms with Gasteiger partial charge in [-0.1, -0.05) is 5.21 Å². The Kier molecular flexibility index (Phi) is 3.89. The molecule has 0 N–H and O–H groups in total. The molecular weight excluding hydrogens is 202 g/mol. The lowest BCUT2D eigenvalue weighted by Crippen LogP contribution is -2.24. The number of ether oxygens (including phenoxy) is 1. The molecule has 4 nitrogen and oxygen atoms in total. The topological polar surface area (TPSA) is 39.9 Å². The van der Waals surface area contributed by atoms with Gasteiger partial charge in [0.15, 0.2) is 0 Å². The molecule has 0 fully saturated rings. The zero-order valence-corrected chi connectivity index (χ0v) is 9.58. The molecule has 1 aromatic heterocycles. The average Bonchev–Trinajstić information content (AvgIpc) is 2.63. The van der Waals surface area contributed by atoms with Gasteiger partial charge in [0.25, 0.3) is 0 Å². The van der Waals surface area contributed by atoms with Crippen molar-refractivity contribution in [3.63, 3.8) is 0 Å². The molecule has 80 valence electrons. The van der Waals surface area contributed by atoms with Crippen LogP contribution in [0, 0.1) is 0 Å². The molecule has 0 aliphatic carbocycles. The highest BCUT2D eigenvalue weighted by molar-refractivity contribution is 6.16. The Morgan fingerprint density at radius 1 is 1.57 bits per heavy atom. The van der Waals surface area contributed by atoms with E-state index in [0.717, 1.165) is 18.7 Å². The Morgan fingerprint density at radius 2 is 2.29 bits per heavy atom. The number of hydrogen-bond donors (Lipinski definition) is 0. The standard InChI is InChI=1S/C9H16ClN3O/c1-9(2,14-3)4-5-13-7-8(6-10)11-12-13/h7H,4-6H2,1-3H3. The smallest absolute Gasteiger partial charge is 0.0974 e. The summed E-state index contributed by atoms with van der Waals surface area (Å²) >= 11 is 5.62. The number of methoxy groups -OCH3 is 1. The summed E-state index contributed by atoms with van der Waals surface area (Å²) in [5.41, 5.74) is 0.689. The molecule has 0 radical (unpaired) electrons. The first-order chi connectivity index (χ1) is 6.57. The van der Waals surface area contributed by atoms with Crippen molar-refractivity contribution in [1.29, 1.82) is 0 Å². The van der Waals surface area contributed by atoms with E-state index in [0.29, 0.717) is 5.88 Å². The molecule has 5 heteroatoms. The zero-order chi connectivity index (χ0) is 10.6. The van der Waals surface area contributed by atoms with Crippen molar-refractivity contribution in [3.05, 3.63) is 11.9 Å². The van der Waals surface area contributed by atoms with Crippen LogP contribution in [-0.4, -0.2) is 27.7 Å². The maximum atomic E-state index is 5.62. The molecule has 0 aromatic carbocycles. The predicted molar refractivity (Wildman–Crippen MR) is 55.3 cm³/mol. The monoisotopic (exact) mass is 217 g/mol. The van der Waals surface area contributed by atoms with Gasteiger partial charge in [0.05, 0.1) is 17.2 Å². The molecule has 0 saturated heterocycles. The van der Waals surface area contributed by atoms with E-state index in [4.69, 9.17) is 16.3 Å². The number of halogens is 1. The third-order valence-corrected chi connectivity index (χ3v) is 2.49. The van der Waals surface area contributed by atoms with E-state index in [2.05, 4.69) is 10.3 Å². The van der Waals surface area contributed by atoms with Crippen LogP contribution in [0.2, 0.25) is 0 Å². The third kappa shape index (κ3) is 3.27. The second-order valence-electron chi connectivity index (χ2n) is 3.82. The number of aromatic nitrogens is 3. The maximum Gasteiger partial charge on any atom is 0.0974 e. The van der Waals surface area contributed by atoms with Gasteiger partial charge in [-0.3, -0.25) is 4.68 Å². The minimum Gasteiger partial charge on any atom is -0.379 e. The number of alkyl halides is 1. The Labute approximate surface area is 89.2 Å². The molecule has 0 saturated carbocycles. The van der Waals surface area contributed by atoms with Crippen molar-refractivity contribution in [1.82, 2.24) is 15.0 Å². The van der Waals surface area contributed by atoms with Crippen molar-refractivity contribution in [2.75, 3.05) is 7.11 Å². The fourth-order valence-corrected chi connectivity index (χ4v) is 1.12. The van der Waals surface area contributed by atoms with Gasteiger partial charge in [0.2, 0.25) is 0 Å². The van der Waals surface area contributed by atoms with Crippen LogP contribution < -0.4 is 0 Å². The summed E-state index contributed by atoms with van der Waals surface area (Å²) < 4.78 is 7.10. The molecule has 1 rings (SSSR count). The molecule has 0 unspecified atom stereocenters. The summed E-state index contributed by atoms with van der Waals surface area (Å²) in [5.74, 6) is 0.410. The van der Waals surface area contributed by atoms with Gasteiger partial charge in [-0.25, -0.2) is 0 Å². The first kappa shape index (κ1) is 11.5. The highest BCUT2D eigenvalue weighted by Gasteiger charge is 2.16. The molecular formula is C9H16ClN3O. The lowest BCUT2D eigenvalue weighted by atomic mass is 10.1. The van der Waals surface area contributed by atoms with E-state index in [-0.39, 0.29) is 5.60 Å². The number of nitrogens with zero attached hydrogens (tertiary/aromatic N) is 3. The van der Waals surface area contributed by atoms with Crippen molar-refractivity contribution in [2.24, 2.45) is 0 Å². The molecule has 0 spiro atoms. The molecule has 0 bridgehead atoms. The summed E-state index contributed by atoms with van der Waals surface area (Å²) in [6, 6.07) is 0. The van der Waals surface area contributed by atoms with E-state index in [1.807, 2.05) is 20.0 Å². The molecule has 0 atom stereocenters. The molecule has 1 heterocycles. The van der Waals surface area contributed by atoms with Gasteiger partial charge >= 0.3 is 0 Å². The van der Waals surface area contributed by atoms with Crippen LogP contribution in [0.3, 0.4) is 0 Å². The van der Waals surface area contributed by atoms with Gasteiger partial charge < -0.3 is 4.74 Å². The second kappa shape index (κ2) is 4.75. The van der Waals surface area contributed by atoms with Gasteiger partial charge in [-0.2, -0.15) is 0 Å². The summed E-state index contributed by atoms with van der Waals surface area (Å²) in [5, 5.41) is 7.85. The van der Waals surface area contributed by atoms with Crippen molar-refractivity contribution < 1.29 is 4.74 Å². The molecule has 0 amide bonds. The number of hydrogen-bond acceptors (Lipinski definition) is 3. The van der Waals surface area contributed by atoms with Crippen LogP contribution >= 0.6 is 11.6 Å². The average molecular weight is 218 g/mol. The molecule has 0 aliphatic heterocycles.